The Kier molecular flexibility index (Phi) is 6.98. The molecule has 7 heteroatoms. The number of rotatable bonds is 5. The van der Waals surface area contributed by atoms with E-state index < -0.39 is 0 Å². The normalized spacial score (nSPS) is 13.9. The molecular weight excluding hydrogens is 450 g/mol. The third-order valence-electron chi connectivity index (χ3n) is 6.32. The van der Waals surface area contributed by atoms with Gasteiger partial charge < -0.3 is 19.1 Å². The van der Waals surface area contributed by atoms with Gasteiger partial charge in [0.25, 0.3) is 5.91 Å². The third kappa shape index (κ3) is 4.55. The molecule has 2 heterocycles. The number of benzene rings is 2. The second-order valence-electron chi connectivity index (χ2n) is 8.82. The Bertz CT molecular complexity index is 1190. The van der Waals surface area contributed by atoms with Gasteiger partial charge >= 0.3 is 0 Å². The lowest BCUT2D eigenvalue weighted by Crippen LogP contribution is -2.51. The van der Waals surface area contributed by atoms with E-state index in [0.717, 1.165) is 28.4 Å². The predicted octanol–water partition coefficient (Wildman–Crippen LogP) is 5.06. The lowest BCUT2D eigenvalue weighted by atomic mass is 10.1. The summed E-state index contributed by atoms with van der Waals surface area (Å²) in [6, 6.07) is 17.3. The average molecular weight is 480 g/mol. The molecule has 0 atom stereocenters. The van der Waals surface area contributed by atoms with Gasteiger partial charge in [-0.15, -0.1) is 0 Å². The molecule has 1 fully saturated rings. The number of para-hydroxylation sites is 2. The summed E-state index contributed by atoms with van der Waals surface area (Å²) in [5.74, 6) is 0.783. The minimum atomic E-state index is -0.0404. The summed E-state index contributed by atoms with van der Waals surface area (Å²) in [5.41, 5.74) is 4.17. The first-order chi connectivity index (χ1) is 16.3. The van der Waals surface area contributed by atoms with Gasteiger partial charge in [-0.2, -0.15) is 0 Å². The number of hydrogen-bond donors (Lipinski definition) is 0. The number of carbonyl (C=O) groups excluding carboxylic acids is 2. The smallest absolute Gasteiger partial charge is 0.255 e. The maximum absolute atomic E-state index is 13.6. The first kappa shape index (κ1) is 23.9. The first-order valence-electron chi connectivity index (χ1n) is 11.5. The number of methoxy groups -OCH3 is 1. The van der Waals surface area contributed by atoms with E-state index in [-0.39, 0.29) is 17.7 Å². The number of hydrogen-bond acceptors (Lipinski definition) is 3. The minimum Gasteiger partial charge on any atom is -0.495 e. The van der Waals surface area contributed by atoms with Crippen LogP contribution in [0.3, 0.4) is 0 Å². The summed E-state index contributed by atoms with van der Waals surface area (Å²) in [4.78, 5) is 29.7. The lowest BCUT2D eigenvalue weighted by Gasteiger charge is -2.35. The van der Waals surface area contributed by atoms with Gasteiger partial charge in [0.15, 0.2) is 0 Å². The highest BCUT2D eigenvalue weighted by molar-refractivity contribution is 6.30. The Morgan fingerprint density at radius 2 is 1.56 bits per heavy atom. The SMILES string of the molecule is COc1ccccc1-n1c(-c2ccc(Cl)cc2)cc(C(=O)N2CCN(C(=O)C(C)C)CC2)c1C. The van der Waals surface area contributed by atoms with E-state index in [1.54, 1.807) is 7.11 Å². The van der Waals surface area contributed by atoms with E-state index in [9.17, 15) is 9.59 Å². The van der Waals surface area contributed by atoms with Gasteiger partial charge in [0.2, 0.25) is 5.91 Å². The Morgan fingerprint density at radius 3 is 2.18 bits per heavy atom. The number of halogens is 1. The molecule has 0 N–H and O–H groups in total. The van der Waals surface area contributed by atoms with Crippen LogP contribution in [0.5, 0.6) is 5.75 Å². The third-order valence-corrected chi connectivity index (χ3v) is 6.57. The molecule has 1 saturated heterocycles. The maximum atomic E-state index is 13.6. The standard InChI is InChI=1S/C27H30ClN3O3/c1-18(2)26(32)29-13-15-30(16-14-29)27(33)22-17-24(20-9-11-21(28)12-10-20)31(19(22)3)23-7-5-6-8-25(23)34-4/h5-12,17-18H,13-16H2,1-4H3. The average Bonchev–Trinajstić information content (AvgIpc) is 3.20. The molecule has 0 saturated carbocycles. The Labute approximate surface area is 205 Å². The van der Waals surface area contributed by atoms with Crippen molar-refractivity contribution in [2.45, 2.75) is 20.8 Å². The Hall–Kier alpha value is -3.25. The zero-order chi connectivity index (χ0) is 24.4. The molecule has 0 radical (unpaired) electrons. The second kappa shape index (κ2) is 9.94. The van der Waals surface area contributed by atoms with Crippen LogP contribution in [0.15, 0.2) is 54.6 Å². The van der Waals surface area contributed by atoms with Crippen LogP contribution < -0.4 is 4.74 Å². The molecule has 178 valence electrons. The van der Waals surface area contributed by atoms with E-state index in [1.165, 1.54) is 0 Å². The number of ether oxygens (including phenoxy) is 1. The summed E-state index contributed by atoms with van der Waals surface area (Å²) in [5, 5.41) is 0.654. The van der Waals surface area contributed by atoms with Crippen molar-refractivity contribution in [3.8, 4) is 22.7 Å². The number of amides is 2. The Balaban J connectivity index is 1.72. The second-order valence-corrected chi connectivity index (χ2v) is 9.25. The van der Waals surface area contributed by atoms with E-state index in [0.29, 0.717) is 36.8 Å². The van der Waals surface area contributed by atoms with Crippen LogP contribution in [-0.2, 0) is 4.79 Å². The molecule has 0 aliphatic carbocycles. The zero-order valence-electron chi connectivity index (χ0n) is 20.0. The molecule has 0 spiro atoms. The van der Waals surface area contributed by atoms with Crippen LogP contribution in [-0.4, -0.2) is 59.5 Å². The summed E-state index contributed by atoms with van der Waals surface area (Å²) in [7, 11) is 1.64. The highest BCUT2D eigenvalue weighted by Gasteiger charge is 2.29. The van der Waals surface area contributed by atoms with Crippen molar-refractivity contribution in [3.63, 3.8) is 0 Å². The van der Waals surface area contributed by atoms with Crippen LogP contribution in [0.4, 0.5) is 0 Å². The molecule has 1 aromatic heterocycles. The molecule has 2 aromatic carbocycles. The van der Waals surface area contributed by atoms with Crippen molar-refractivity contribution < 1.29 is 14.3 Å². The molecule has 3 aromatic rings. The zero-order valence-corrected chi connectivity index (χ0v) is 20.8. The molecule has 1 aliphatic heterocycles. The van der Waals surface area contributed by atoms with E-state index >= 15 is 0 Å². The number of nitrogens with zero attached hydrogens (tertiary/aromatic N) is 3. The van der Waals surface area contributed by atoms with E-state index in [4.69, 9.17) is 16.3 Å². The van der Waals surface area contributed by atoms with Crippen LogP contribution in [0.1, 0.15) is 29.9 Å². The number of carbonyl (C=O) groups is 2. The highest BCUT2D eigenvalue weighted by Crippen LogP contribution is 2.34. The van der Waals surface area contributed by atoms with Crippen molar-refractivity contribution in [1.82, 2.24) is 14.4 Å². The van der Waals surface area contributed by atoms with Gasteiger partial charge in [0.05, 0.1) is 24.1 Å². The van der Waals surface area contributed by atoms with E-state index in [1.807, 2.05) is 85.2 Å². The predicted molar refractivity (Wildman–Crippen MR) is 135 cm³/mol. The molecule has 0 bridgehead atoms. The van der Waals surface area contributed by atoms with Gasteiger partial charge in [-0.25, -0.2) is 0 Å². The fraction of sp³-hybridized carbons (Fsp3) is 0.333. The van der Waals surface area contributed by atoms with Crippen molar-refractivity contribution >= 4 is 23.4 Å². The summed E-state index contributed by atoms with van der Waals surface area (Å²) in [6.45, 7) is 7.92. The molecule has 34 heavy (non-hydrogen) atoms. The monoisotopic (exact) mass is 479 g/mol. The lowest BCUT2D eigenvalue weighted by molar-refractivity contribution is -0.135. The summed E-state index contributed by atoms with van der Waals surface area (Å²) in [6.07, 6.45) is 0. The first-order valence-corrected chi connectivity index (χ1v) is 11.9. The topological polar surface area (TPSA) is 54.8 Å². The molecule has 1 aliphatic rings. The van der Waals surface area contributed by atoms with Crippen LogP contribution in [0.25, 0.3) is 16.9 Å². The fourth-order valence-electron chi connectivity index (χ4n) is 4.45. The molecule has 2 amide bonds. The van der Waals surface area contributed by atoms with Gasteiger partial charge in [-0.1, -0.05) is 49.7 Å². The highest BCUT2D eigenvalue weighted by atomic mass is 35.5. The van der Waals surface area contributed by atoms with Gasteiger partial charge in [0.1, 0.15) is 5.75 Å². The number of aromatic nitrogens is 1. The van der Waals surface area contributed by atoms with Gasteiger partial charge in [0, 0.05) is 42.8 Å². The summed E-state index contributed by atoms with van der Waals surface area (Å²) >= 11 is 6.13. The summed E-state index contributed by atoms with van der Waals surface area (Å²) < 4.78 is 7.69. The number of piperazine rings is 1. The molecule has 6 nitrogen and oxygen atoms in total. The quantitative estimate of drug-likeness (QED) is 0.514. The molecular formula is C27H30ClN3O3. The maximum Gasteiger partial charge on any atom is 0.255 e. The largest absolute Gasteiger partial charge is 0.495 e. The van der Waals surface area contributed by atoms with Gasteiger partial charge in [-0.3, -0.25) is 9.59 Å². The van der Waals surface area contributed by atoms with Crippen molar-refractivity contribution in [3.05, 3.63) is 70.9 Å². The fourth-order valence-corrected chi connectivity index (χ4v) is 4.57. The molecule has 4 rings (SSSR count). The van der Waals surface area contributed by atoms with Gasteiger partial charge in [-0.05, 0) is 42.8 Å². The van der Waals surface area contributed by atoms with Crippen molar-refractivity contribution in [2.24, 2.45) is 5.92 Å². The van der Waals surface area contributed by atoms with E-state index in [2.05, 4.69) is 4.57 Å². The van der Waals surface area contributed by atoms with Crippen molar-refractivity contribution in [2.75, 3.05) is 33.3 Å². The van der Waals surface area contributed by atoms with Crippen LogP contribution in [0.2, 0.25) is 5.02 Å². The molecule has 0 unspecified atom stereocenters. The minimum absolute atomic E-state index is 0.0296. The van der Waals surface area contributed by atoms with Crippen LogP contribution in [0, 0.1) is 12.8 Å². The Morgan fingerprint density at radius 1 is 0.941 bits per heavy atom. The van der Waals surface area contributed by atoms with Crippen LogP contribution >= 0.6 is 11.6 Å². The van der Waals surface area contributed by atoms with Crippen molar-refractivity contribution in [1.29, 1.82) is 0 Å².